The van der Waals surface area contributed by atoms with Gasteiger partial charge in [0.2, 0.25) is 0 Å². The Morgan fingerprint density at radius 2 is 0.643 bits per heavy atom. The lowest BCUT2D eigenvalue weighted by atomic mass is 9.86. The Balaban J connectivity index is 1.55. The SMILES string of the molecule is CC(C)(C)c1ccc(-c2ccc(-c3ccc(-c4ccccc4)cc3)cc2)cc1. The molecule has 0 amide bonds. The lowest BCUT2D eigenvalue weighted by Gasteiger charge is -2.19. The van der Waals surface area contributed by atoms with E-state index in [2.05, 4.69) is 124 Å². The maximum absolute atomic E-state index is 2.25. The molecule has 0 spiro atoms. The summed E-state index contributed by atoms with van der Waals surface area (Å²) in [5, 5.41) is 0. The average Bonchev–Trinajstić information content (AvgIpc) is 2.74. The minimum atomic E-state index is 0.189. The highest BCUT2D eigenvalue weighted by Crippen LogP contribution is 2.29. The van der Waals surface area contributed by atoms with Gasteiger partial charge in [-0.15, -0.1) is 0 Å². The standard InChI is InChI=1S/C28H26/c1-28(2,3)27-19-17-26(18-20-27)25-15-13-24(14-16-25)23-11-9-22(10-12-23)21-7-5-4-6-8-21/h4-20H,1-3H3. The van der Waals surface area contributed by atoms with Crippen molar-refractivity contribution in [2.75, 3.05) is 0 Å². The Labute approximate surface area is 168 Å². The van der Waals surface area contributed by atoms with Crippen LogP contribution in [0.4, 0.5) is 0 Å². The van der Waals surface area contributed by atoms with Gasteiger partial charge in [0.15, 0.2) is 0 Å². The van der Waals surface area contributed by atoms with E-state index in [1.807, 2.05) is 0 Å². The van der Waals surface area contributed by atoms with Gasteiger partial charge in [-0.1, -0.05) is 124 Å². The van der Waals surface area contributed by atoms with Crippen LogP contribution in [-0.4, -0.2) is 0 Å². The molecule has 0 aliphatic carbocycles. The van der Waals surface area contributed by atoms with E-state index in [1.54, 1.807) is 0 Å². The molecule has 138 valence electrons. The molecule has 0 aromatic heterocycles. The summed E-state index contributed by atoms with van der Waals surface area (Å²) in [4.78, 5) is 0. The van der Waals surface area contributed by atoms with Crippen LogP contribution in [0.1, 0.15) is 26.3 Å². The van der Waals surface area contributed by atoms with Crippen LogP contribution in [0.5, 0.6) is 0 Å². The molecule has 0 saturated heterocycles. The zero-order chi connectivity index (χ0) is 19.6. The molecule has 0 aliphatic rings. The number of hydrogen-bond acceptors (Lipinski definition) is 0. The van der Waals surface area contributed by atoms with Crippen molar-refractivity contribution in [1.82, 2.24) is 0 Å². The quantitative estimate of drug-likeness (QED) is 0.346. The fourth-order valence-electron chi connectivity index (χ4n) is 3.50. The molecule has 28 heavy (non-hydrogen) atoms. The first-order chi connectivity index (χ1) is 13.5. The zero-order valence-electron chi connectivity index (χ0n) is 16.8. The van der Waals surface area contributed by atoms with Gasteiger partial charge in [-0.05, 0) is 44.4 Å². The topological polar surface area (TPSA) is 0 Å². The first-order valence-corrected chi connectivity index (χ1v) is 9.87. The maximum Gasteiger partial charge on any atom is -0.0132 e. The molecule has 0 fully saturated rings. The molecule has 0 radical (unpaired) electrons. The third-order valence-electron chi connectivity index (χ3n) is 5.29. The largest absolute Gasteiger partial charge is 0.0622 e. The predicted molar refractivity (Wildman–Crippen MR) is 121 cm³/mol. The van der Waals surface area contributed by atoms with Gasteiger partial charge in [-0.2, -0.15) is 0 Å². The summed E-state index contributed by atoms with van der Waals surface area (Å²) >= 11 is 0. The van der Waals surface area contributed by atoms with E-state index < -0.39 is 0 Å². The summed E-state index contributed by atoms with van der Waals surface area (Å²) < 4.78 is 0. The maximum atomic E-state index is 2.25. The number of benzene rings is 4. The van der Waals surface area contributed by atoms with Gasteiger partial charge < -0.3 is 0 Å². The number of hydrogen-bond donors (Lipinski definition) is 0. The minimum absolute atomic E-state index is 0.189. The summed E-state index contributed by atoms with van der Waals surface area (Å²) in [5.41, 5.74) is 9.07. The van der Waals surface area contributed by atoms with Crippen molar-refractivity contribution in [2.24, 2.45) is 0 Å². The minimum Gasteiger partial charge on any atom is -0.0622 e. The molecule has 0 atom stereocenters. The molecule has 0 unspecified atom stereocenters. The molecular formula is C28H26. The van der Waals surface area contributed by atoms with Crippen LogP contribution in [0.15, 0.2) is 103 Å². The van der Waals surface area contributed by atoms with Crippen molar-refractivity contribution in [3.63, 3.8) is 0 Å². The van der Waals surface area contributed by atoms with Crippen molar-refractivity contribution in [3.05, 3.63) is 109 Å². The second-order valence-corrected chi connectivity index (χ2v) is 8.35. The Morgan fingerprint density at radius 1 is 0.357 bits per heavy atom. The number of rotatable bonds is 3. The van der Waals surface area contributed by atoms with Gasteiger partial charge >= 0.3 is 0 Å². The first-order valence-electron chi connectivity index (χ1n) is 9.87. The van der Waals surface area contributed by atoms with Crippen LogP contribution in [-0.2, 0) is 5.41 Å². The Hall–Kier alpha value is -3.12. The van der Waals surface area contributed by atoms with Crippen LogP contribution in [0.2, 0.25) is 0 Å². The Kier molecular flexibility index (Phi) is 4.88. The van der Waals surface area contributed by atoms with Gasteiger partial charge in [0.05, 0.1) is 0 Å². The molecule has 4 aromatic carbocycles. The van der Waals surface area contributed by atoms with E-state index in [9.17, 15) is 0 Å². The van der Waals surface area contributed by atoms with Gasteiger partial charge in [-0.25, -0.2) is 0 Å². The fourth-order valence-corrected chi connectivity index (χ4v) is 3.50. The van der Waals surface area contributed by atoms with E-state index in [1.165, 1.54) is 38.9 Å². The molecule has 0 bridgehead atoms. The highest BCUT2D eigenvalue weighted by molar-refractivity contribution is 5.73. The van der Waals surface area contributed by atoms with Crippen LogP contribution in [0, 0.1) is 0 Å². The van der Waals surface area contributed by atoms with E-state index >= 15 is 0 Å². The molecule has 4 rings (SSSR count). The monoisotopic (exact) mass is 362 g/mol. The van der Waals surface area contributed by atoms with Gasteiger partial charge in [0, 0.05) is 0 Å². The highest BCUT2D eigenvalue weighted by Gasteiger charge is 2.13. The Morgan fingerprint density at radius 3 is 0.964 bits per heavy atom. The summed E-state index contributed by atoms with van der Waals surface area (Å²) in [6.45, 7) is 6.75. The van der Waals surface area contributed by atoms with E-state index in [0.717, 1.165) is 0 Å². The second kappa shape index (κ2) is 7.48. The normalized spacial score (nSPS) is 11.4. The summed E-state index contributed by atoms with van der Waals surface area (Å²) in [6.07, 6.45) is 0. The van der Waals surface area contributed by atoms with E-state index in [0.29, 0.717) is 0 Å². The summed E-state index contributed by atoms with van der Waals surface area (Å²) in [6, 6.07) is 37.1. The molecule has 0 saturated carbocycles. The smallest absolute Gasteiger partial charge is 0.0132 e. The summed E-state index contributed by atoms with van der Waals surface area (Å²) in [5.74, 6) is 0. The van der Waals surface area contributed by atoms with E-state index in [-0.39, 0.29) is 5.41 Å². The first kappa shape index (κ1) is 18.3. The van der Waals surface area contributed by atoms with Gasteiger partial charge in [0.25, 0.3) is 0 Å². The molecule has 0 heteroatoms. The van der Waals surface area contributed by atoms with Crippen LogP contribution in [0.3, 0.4) is 0 Å². The van der Waals surface area contributed by atoms with Crippen LogP contribution < -0.4 is 0 Å². The molecule has 0 aliphatic heterocycles. The lowest BCUT2D eigenvalue weighted by molar-refractivity contribution is 0.590. The van der Waals surface area contributed by atoms with Crippen molar-refractivity contribution < 1.29 is 0 Å². The second-order valence-electron chi connectivity index (χ2n) is 8.35. The Bertz CT molecular complexity index is 1030. The van der Waals surface area contributed by atoms with Crippen molar-refractivity contribution in [1.29, 1.82) is 0 Å². The van der Waals surface area contributed by atoms with Gasteiger partial charge in [0.1, 0.15) is 0 Å². The third kappa shape index (κ3) is 3.92. The average molecular weight is 363 g/mol. The molecule has 0 nitrogen and oxygen atoms in total. The van der Waals surface area contributed by atoms with Crippen molar-refractivity contribution >= 4 is 0 Å². The third-order valence-corrected chi connectivity index (χ3v) is 5.29. The van der Waals surface area contributed by atoms with Crippen molar-refractivity contribution in [2.45, 2.75) is 26.2 Å². The lowest BCUT2D eigenvalue weighted by Crippen LogP contribution is -2.10. The fraction of sp³-hybridized carbons (Fsp3) is 0.143. The van der Waals surface area contributed by atoms with Crippen molar-refractivity contribution in [3.8, 4) is 33.4 Å². The zero-order valence-corrected chi connectivity index (χ0v) is 16.8. The molecule has 0 heterocycles. The van der Waals surface area contributed by atoms with Crippen LogP contribution in [0.25, 0.3) is 33.4 Å². The van der Waals surface area contributed by atoms with Gasteiger partial charge in [-0.3, -0.25) is 0 Å². The predicted octanol–water partition coefficient (Wildman–Crippen LogP) is 7.99. The highest BCUT2D eigenvalue weighted by atomic mass is 14.2. The molecule has 0 N–H and O–H groups in total. The molecular weight excluding hydrogens is 336 g/mol. The van der Waals surface area contributed by atoms with E-state index in [4.69, 9.17) is 0 Å². The molecule has 4 aromatic rings. The summed E-state index contributed by atoms with van der Waals surface area (Å²) in [7, 11) is 0. The van der Waals surface area contributed by atoms with Crippen LogP contribution >= 0.6 is 0 Å².